The van der Waals surface area contributed by atoms with Crippen LogP contribution < -0.4 is 14.9 Å². The summed E-state index contributed by atoms with van der Waals surface area (Å²) in [5, 5.41) is 3.84. The molecule has 1 N–H and O–H groups in total. The summed E-state index contributed by atoms with van der Waals surface area (Å²) >= 11 is 0. The van der Waals surface area contributed by atoms with Gasteiger partial charge in [0.15, 0.2) is 18.1 Å². The molecule has 0 radical (unpaired) electrons. The van der Waals surface area contributed by atoms with Crippen LogP contribution in [0.5, 0.6) is 11.5 Å². The van der Waals surface area contributed by atoms with Crippen LogP contribution in [0.3, 0.4) is 0 Å². The van der Waals surface area contributed by atoms with Crippen LogP contribution in [0.4, 0.5) is 0 Å². The molecule has 6 heteroatoms. The van der Waals surface area contributed by atoms with Crippen molar-refractivity contribution in [1.29, 1.82) is 0 Å². The SMILES string of the molecule is CCOc1ccccc1OCC(=O)N/N=C/c1cccnc1. The quantitative estimate of drug-likeness (QED) is 0.627. The fraction of sp³-hybridized carbons (Fsp3) is 0.188. The molecule has 114 valence electrons. The predicted molar refractivity (Wildman–Crippen MR) is 83.1 cm³/mol. The molecular weight excluding hydrogens is 282 g/mol. The lowest BCUT2D eigenvalue weighted by Crippen LogP contribution is -2.24. The highest BCUT2D eigenvalue weighted by molar-refractivity contribution is 5.82. The van der Waals surface area contributed by atoms with Gasteiger partial charge in [-0.05, 0) is 25.1 Å². The lowest BCUT2D eigenvalue weighted by atomic mass is 10.3. The van der Waals surface area contributed by atoms with Crippen molar-refractivity contribution in [1.82, 2.24) is 10.4 Å². The average molecular weight is 299 g/mol. The molecular formula is C16H17N3O3. The Bertz CT molecular complexity index is 630. The number of benzene rings is 1. The number of ether oxygens (including phenoxy) is 2. The highest BCUT2D eigenvalue weighted by atomic mass is 16.5. The van der Waals surface area contributed by atoms with Gasteiger partial charge in [-0.15, -0.1) is 0 Å². The molecule has 1 aromatic heterocycles. The van der Waals surface area contributed by atoms with Gasteiger partial charge in [0, 0.05) is 18.0 Å². The number of pyridine rings is 1. The number of para-hydroxylation sites is 2. The van der Waals surface area contributed by atoms with E-state index >= 15 is 0 Å². The zero-order valence-electron chi connectivity index (χ0n) is 12.2. The summed E-state index contributed by atoms with van der Waals surface area (Å²) in [6.07, 6.45) is 4.82. The number of nitrogens with one attached hydrogen (secondary N) is 1. The van der Waals surface area contributed by atoms with E-state index in [1.165, 1.54) is 6.21 Å². The molecule has 22 heavy (non-hydrogen) atoms. The summed E-state index contributed by atoms with van der Waals surface area (Å²) in [5.74, 6) is 0.777. The molecule has 1 amide bonds. The largest absolute Gasteiger partial charge is 0.490 e. The van der Waals surface area contributed by atoms with E-state index in [0.29, 0.717) is 18.1 Å². The van der Waals surface area contributed by atoms with Gasteiger partial charge < -0.3 is 9.47 Å². The minimum absolute atomic E-state index is 0.144. The standard InChI is InChI=1S/C16H17N3O3/c1-2-21-14-7-3-4-8-15(14)22-12-16(20)19-18-11-13-6-5-9-17-10-13/h3-11H,2,12H2,1H3,(H,19,20)/b18-11+. The first-order valence-corrected chi connectivity index (χ1v) is 6.86. The lowest BCUT2D eigenvalue weighted by Gasteiger charge is -2.10. The Labute approximate surface area is 128 Å². The van der Waals surface area contributed by atoms with Gasteiger partial charge in [-0.3, -0.25) is 9.78 Å². The topological polar surface area (TPSA) is 72.8 Å². The smallest absolute Gasteiger partial charge is 0.277 e. The van der Waals surface area contributed by atoms with Crippen molar-refractivity contribution >= 4 is 12.1 Å². The molecule has 2 aromatic rings. The molecule has 0 saturated carbocycles. The number of hydrazone groups is 1. The lowest BCUT2D eigenvalue weighted by molar-refractivity contribution is -0.123. The zero-order chi connectivity index (χ0) is 15.6. The molecule has 0 fully saturated rings. The fourth-order valence-corrected chi connectivity index (χ4v) is 1.65. The van der Waals surface area contributed by atoms with Gasteiger partial charge in [0.05, 0.1) is 12.8 Å². The van der Waals surface area contributed by atoms with Crippen LogP contribution in [0.1, 0.15) is 12.5 Å². The molecule has 0 spiro atoms. The number of hydrogen-bond donors (Lipinski definition) is 1. The van der Waals surface area contributed by atoms with Crippen LogP contribution in [-0.4, -0.2) is 30.3 Å². The summed E-state index contributed by atoms with van der Waals surface area (Å²) in [7, 11) is 0. The zero-order valence-corrected chi connectivity index (χ0v) is 12.2. The third kappa shape index (κ3) is 4.90. The third-order valence-electron chi connectivity index (χ3n) is 2.60. The summed E-state index contributed by atoms with van der Waals surface area (Å²) in [5.41, 5.74) is 3.19. The Hall–Kier alpha value is -2.89. The average Bonchev–Trinajstić information content (AvgIpc) is 2.55. The Kier molecular flexibility index (Phi) is 5.92. The van der Waals surface area contributed by atoms with E-state index in [1.54, 1.807) is 30.6 Å². The maximum absolute atomic E-state index is 11.7. The number of aromatic nitrogens is 1. The number of nitrogens with zero attached hydrogens (tertiary/aromatic N) is 2. The Morgan fingerprint density at radius 1 is 1.23 bits per heavy atom. The van der Waals surface area contributed by atoms with E-state index in [4.69, 9.17) is 9.47 Å². The van der Waals surface area contributed by atoms with E-state index < -0.39 is 0 Å². The van der Waals surface area contributed by atoms with Crippen molar-refractivity contribution in [2.75, 3.05) is 13.2 Å². The van der Waals surface area contributed by atoms with E-state index in [1.807, 2.05) is 25.1 Å². The second-order valence-electron chi connectivity index (χ2n) is 4.25. The Balaban J connectivity index is 1.82. The maximum Gasteiger partial charge on any atom is 0.277 e. The van der Waals surface area contributed by atoms with Crippen LogP contribution in [0.15, 0.2) is 53.9 Å². The highest BCUT2D eigenvalue weighted by Crippen LogP contribution is 2.26. The van der Waals surface area contributed by atoms with Gasteiger partial charge in [-0.25, -0.2) is 5.43 Å². The molecule has 0 unspecified atom stereocenters. The van der Waals surface area contributed by atoms with Crippen molar-refractivity contribution in [3.63, 3.8) is 0 Å². The maximum atomic E-state index is 11.7. The first-order chi connectivity index (χ1) is 10.8. The molecule has 0 aliphatic carbocycles. The van der Waals surface area contributed by atoms with E-state index in [9.17, 15) is 4.79 Å². The van der Waals surface area contributed by atoms with Crippen LogP contribution in [0, 0.1) is 0 Å². The molecule has 1 heterocycles. The van der Waals surface area contributed by atoms with E-state index in [2.05, 4.69) is 15.5 Å². The molecule has 2 rings (SSSR count). The van der Waals surface area contributed by atoms with Gasteiger partial charge in [0.2, 0.25) is 0 Å². The van der Waals surface area contributed by atoms with Crippen molar-refractivity contribution in [3.8, 4) is 11.5 Å². The van der Waals surface area contributed by atoms with Crippen molar-refractivity contribution < 1.29 is 14.3 Å². The summed E-state index contributed by atoms with van der Waals surface area (Å²) in [6.45, 7) is 2.27. The monoisotopic (exact) mass is 299 g/mol. The van der Waals surface area contributed by atoms with Crippen LogP contribution in [-0.2, 0) is 4.79 Å². The second-order valence-corrected chi connectivity index (χ2v) is 4.25. The molecule has 0 bridgehead atoms. The fourth-order valence-electron chi connectivity index (χ4n) is 1.65. The first kappa shape index (κ1) is 15.5. The molecule has 0 aliphatic heterocycles. The Morgan fingerprint density at radius 3 is 2.68 bits per heavy atom. The second kappa shape index (κ2) is 8.41. The Morgan fingerprint density at radius 2 is 2.00 bits per heavy atom. The van der Waals surface area contributed by atoms with Crippen LogP contribution in [0.25, 0.3) is 0 Å². The number of hydrogen-bond acceptors (Lipinski definition) is 5. The minimum atomic E-state index is -0.355. The van der Waals surface area contributed by atoms with Gasteiger partial charge in [-0.1, -0.05) is 18.2 Å². The van der Waals surface area contributed by atoms with Crippen molar-refractivity contribution in [2.24, 2.45) is 5.10 Å². The summed E-state index contributed by atoms with van der Waals surface area (Å²) in [6, 6.07) is 10.8. The third-order valence-corrected chi connectivity index (χ3v) is 2.60. The number of rotatable bonds is 7. The molecule has 1 aromatic carbocycles. The predicted octanol–water partition coefficient (Wildman–Crippen LogP) is 2.01. The first-order valence-electron chi connectivity index (χ1n) is 6.86. The normalized spacial score (nSPS) is 10.4. The molecule has 0 saturated heterocycles. The van der Waals surface area contributed by atoms with Crippen LogP contribution >= 0.6 is 0 Å². The van der Waals surface area contributed by atoms with Gasteiger partial charge in [0.25, 0.3) is 5.91 Å². The molecule has 6 nitrogen and oxygen atoms in total. The summed E-state index contributed by atoms with van der Waals surface area (Å²) in [4.78, 5) is 15.6. The van der Waals surface area contributed by atoms with E-state index in [-0.39, 0.29) is 12.5 Å². The number of carbonyl (C=O) groups excluding carboxylic acids is 1. The van der Waals surface area contributed by atoms with Crippen molar-refractivity contribution in [3.05, 3.63) is 54.4 Å². The molecule has 0 atom stereocenters. The summed E-state index contributed by atoms with van der Waals surface area (Å²) < 4.78 is 10.8. The number of amides is 1. The van der Waals surface area contributed by atoms with Gasteiger partial charge in [-0.2, -0.15) is 5.10 Å². The van der Waals surface area contributed by atoms with Gasteiger partial charge >= 0.3 is 0 Å². The van der Waals surface area contributed by atoms with E-state index in [0.717, 1.165) is 5.56 Å². The number of carbonyl (C=O) groups is 1. The van der Waals surface area contributed by atoms with Crippen molar-refractivity contribution in [2.45, 2.75) is 6.92 Å². The van der Waals surface area contributed by atoms with Gasteiger partial charge in [0.1, 0.15) is 0 Å². The minimum Gasteiger partial charge on any atom is -0.490 e. The highest BCUT2D eigenvalue weighted by Gasteiger charge is 2.06. The molecule has 0 aliphatic rings. The van der Waals surface area contributed by atoms with Crippen LogP contribution in [0.2, 0.25) is 0 Å².